The number of rotatable bonds is 8. The van der Waals surface area contributed by atoms with Crippen LogP contribution in [-0.2, 0) is 22.6 Å². The number of carbonyl (C=O) groups is 2. The van der Waals surface area contributed by atoms with Gasteiger partial charge < -0.3 is 19.9 Å². The van der Waals surface area contributed by atoms with Crippen LogP contribution in [0.3, 0.4) is 0 Å². The molecular weight excluding hydrogens is 322 g/mol. The molecule has 6 heteroatoms. The number of ether oxygens (including phenoxy) is 2. The first kappa shape index (κ1) is 18.3. The number of alkyl carbamates (subject to hydrolysis) is 1. The molecule has 2 rings (SSSR count). The van der Waals surface area contributed by atoms with E-state index in [0.29, 0.717) is 12.2 Å². The molecule has 0 saturated carbocycles. The van der Waals surface area contributed by atoms with Crippen LogP contribution in [-0.4, -0.2) is 30.3 Å². The third-order valence-corrected chi connectivity index (χ3v) is 3.60. The molecule has 0 heterocycles. The number of carbonyl (C=O) groups excluding carboxylic acids is 1. The van der Waals surface area contributed by atoms with Crippen molar-refractivity contribution in [2.75, 3.05) is 7.11 Å². The van der Waals surface area contributed by atoms with Gasteiger partial charge in [-0.2, -0.15) is 0 Å². The quantitative estimate of drug-likeness (QED) is 0.770. The summed E-state index contributed by atoms with van der Waals surface area (Å²) < 4.78 is 10.2. The third kappa shape index (κ3) is 6.55. The minimum atomic E-state index is -0.984. The van der Waals surface area contributed by atoms with Crippen LogP contribution in [0, 0.1) is 0 Å². The van der Waals surface area contributed by atoms with E-state index in [4.69, 9.17) is 14.6 Å². The summed E-state index contributed by atoms with van der Waals surface area (Å²) in [6, 6.07) is 16.0. The summed E-state index contributed by atoms with van der Waals surface area (Å²) >= 11 is 0. The van der Waals surface area contributed by atoms with Crippen molar-refractivity contribution in [1.82, 2.24) is 5.32 Å². The maximum Gasteiger partial charge on any atom is 0.407 e. The van der Waals surface area contributed by atoms with E-state index in [1.807, 2.05) is 42.5 Å². The lowest BCUT2D eigenvalue weighted by atomic mass is 10.0. The molecule has 1 amide bonds. The van der Waals surface area contributed by atoms with Crippen molar-refractivity contribution in [2.45, 2.75) is 25.5 Å². The monoisotopic (exact) mass is 343 g/mol. The van der Waals surface area contributed by atoms with Gasteiger partial charge in [-0.05, 0) is 29.7 Å². The fourth-order valence-electron chi connectivity index (χ4n) is 2.36. The minimum Gasteiger partial charge on any atom is -0.497 e. The van der Waals surface area contributed by atoms with E-state index in [1.165, 1.54) is 0 Å². The Morgan fingerprint density at radius 1 is 1.04 bits per heavy atom. The second kappa shape index (κ2) is 9.32. The number of carboxylic acid groups (broad SMARTS) is 1. The van der Waals surface area contributed by atoms with E-state index in [0.717, 1.165) is 11.1 Å². The predicted octanol–water partition coefficient (Wildman–Crippen LogP) is 3.01. The Morgan fingerprint density at radius 3 is 2.32 bits per heavy atom. The normalized spacial score (nSPS) is 11.4. The van der Waals surface area contributed by atoms with Crippen molar-refractivity contribution in [3.8, 4) is 5.75 Å². The molecule has 132 valence electrons. The largest absolute Gasteiger partial charge is 0.497 e. The molecule has 0 aliphatic rings. The van der Waals surface area contributed by atoms with Crippen molar-refractivity contribution in [3.05, 3.63) is 65.7 Å². The lowest BCUT2D eigenvalue weighted by Gasteiger charge is -2.17. The highest BCUT2D eigenvalue weighted by Gasteiger charge is 2.17. The summed E-state index contributed by atoms with van der Waals surface area (Å²) in [6.45, 7) is 0.134. The molecule has 0 aliphatic carbocycles. The highest BCUT2D eigenvalue weighted by Crippen LogP contribution is 2.14. The lowest BCUT2D eigenvalue weighted by Crippen LogP contribution is -2.38. The zero-order valence-electron chi connectivity index (χ0n) is 14.0. The Labute approximate surface area is 146 Å². The van der Waals surface area contributed by atoms with Crippen LogP contribution in [0.15, 0.2) is 54.6 Å². The number of nitrogens with one attached hydrogen (secondary N) is 1. The van der Waals surface area contributed by atoms with Crippen molar-refractivity contribution in [1.29, 1.82) is 0 Å². The second-order valence-electron chi connectivity index (χ2n) is 5.55. The minimum absolute atomic E-state index is 0.134. The van der Waals surface area contributed by atoms with E-state index >= 15 is 0 Å². The summed E-state index contributed by atoms with van der Waals surface area (Å²) in [4.78, 5) is 23.0. The van der Waals surface area contributed by atoms with Crippen LogP contribution in [0.5, 0.6) is 5.75 Å². The molecule has 0 bridgehead atoms. The molecule has 0 aliphatic heterocycles. The van der Waals surface area contributed by atoms with Crippen LogP contribution >= 0.6 is 0 Å². The topological polar surface area (TPSA) is 84.9 Å². The molecule has 0 unspecified atom stereocenters. The summed E-state index contributed by atoms with van der Waals surface area (Å²) in [5, 5.41) is 11.7. The van der Waals surface area contributed by atoms with Crippen LogP contribution in [0.4, 0.5) is 4.79 Å². The van der Waals surface area contributed by atoms with Gasteiger partial charge in [0.25, 0.3) is 0 Å². The van der Waals surface area contributed by atoms with Gasteiger partial charge in [0, 0.05) is 6.04 Å². The molecule has 2 aromatic rings. The highest BCUT2D eigenvalue weighted by atomic mass is 16.5. The average Bonchev–Trinajstić information content (AvgIpc) is 2.61. The Hall–Kier alpha value is -3.02. The van der Waals surface area contributed by atoms with Crippen LogP contribution < -0.4 is 10.1 Å². The summed E-state index contributed by atoms with van der Waals surface area (Å²) in [6.07, 6.45) is -0.438. The van der Waals surface area contributed by atoms with Crippen LogP contribution in [0.25, 0.3) is 0 Å². The van der Waals surface area contributed by atoms with Gasteiger partial charge in [0.05, 0.1) is 13.5 Å². The molecule has 1 atom stereocenters. The molecule has 0 aromatic heterocycles. The Bertz CT molecular complexity index is 685. The summed E-state index contributed by atoms with van der Waals surface area (Å²) in [5.41, 5.74) is 1.76. The van der Waals surface area contributed by atoms with Gasteiger partial charge in [-0.15, -0.1) is 0 Å². The van der Waals surface area contributed by atoms with E-state index in [1.54, 1.807) is 19.2 Å². The molecule has 25 heavy (non-hydrogen) atoms. The number of amides is 1. The molecule has 0 fully saturated rings. The number of hydrogen-bond donors (Lipinski definition) is 2. The van der Waals surface area contributed by atoms with Gasteiger partial charge in [-0.3, -0.25) is 4.79 Å². The average molecular weight is 343 g/mol. The zero-order chi connectivity index (χ0) is 18.1. The van der Waals surface area contributed by atoms with E-state index in [2.05, 4.69) is 5.32 Å². The third-order valence-electron chi connectivity index (χ3n) is 3.60. The number of carboxylic acids is 1. The van der Waals surface area contributed by atoms with Gasteiger partial charge in [0.1, 0.15) is 12.4 Å². The maximum absolute atomic E-state index is 12.0. The van der Waals surface area contributed by atoms with Crippen molar-refractivity contribution in [3.63, 3.8) is 0 Å². The second-order valence-corrected chi connectivity index (χ2v) is 5.55. The highest BCUT2D eigenvalue weighted by molar-refractivity contribution is 5.71. The fraction of sp³-hybridized carbons (Fsp3) is 0.263. The first-order valence-electron chi connectivity index (χ1n) is 7.88. The first-order chi connectivity index (χ1) is 12.1. The van der Waals surface area contributed by atoms with Gasteiger partial charge in [0.2, 0.25) is 0 Å². The molecule has 0 spiro atoms. The van der Waals surface area contributed by atoms with Crippen molar-refractivity contribution < 1.29 is 24.2 Å². The molecule has 0 radical (unpaired) electrons. The van der Waals surface area contributed by atoms with E-state index < -0.39 is 18.1 Å². The van der Waals surface area contributed by atoms with Crippen LogP contribution in [0.2, 0.25) is 0 Å². The van der Waals surface area contributed by atoms with Gasteiger partial charge >= 0.3 is 12.1 Å². The summed E-state index contributed by atoms with van der Waals surface area (Å²) in [5.74, 6) is -0.268. The first-order valence-corrected chi connectivity index (χ1v) is 7.88. The maximum atomic E-state index is 12.0. The lowest BCUT2D eigenvalue weighted by molar-refractivity contribution is -0.137. The molecule has 2 N–H and O–H groups in total. The number of methoxy groups -OCH3 is 1. The SMILES string of the molecule is COc1ccc(C[C@@H](CC(=O)O)NC(=O)OCc2ccccc2)cc1. The van der Waals surface area contributed by atoms with Crippen molar-refractivity contribution in [2.24, 2.45) is 0 Å². The molecule has 2 aromatic carbocycles. The molecule has 6 nitrogen and oxygen atoms in total. The van der Waals surface area contributed by atoms with Crippen molar-refractivity contribution >= 4 is 12.1 Å². The van der Waals surface area contributed by atoms with Gasteiger partial charge in [0.15, 0.2) is 0 Å². The van der Waals surface area contributed by atoms with Gasteiger partial charge in [-0.1, -0.05) is 42.5 Å². The summed E-state index contributed by atoms with van der Waals surface area (Å²) in [7, 11) is 1.58. The number of benzene rings is 2. The predicted molar refractivity (Wildman–Crippen MR) is 92.5 cm³/mol. The van der Waals surface area contributed by atoms with E-state index in [9.17, 15) is 9.59 Å². The Morgan fingerprint density at radius 2 is 1.72 bits per heavy atom. The molecule has 0 saturated heterocycles. The Balaban J connectivity index is 1.91. The van der Waals surface area contributed by atoms with Crippen LogP contribution in [0.1, 0.15) is 17.5 Å². The molecular formula is C19H21NO5. The smallest absolute Gasteiger partial charge is 0.407 e. The fourth-order valence-corrected chi connectivity index (χ4v) is 2.36. The van der Waals surface area contributed by atoms with Gasteiger partial charge in [-0.25, -0.2) is 4.79 Å². The zero-order valence-corrected chi connectivity index (χ0v) is 14.0. The van der Waals surface area contributed by atoms with E-state index in [-0.39, 0.29) is 13.0 Å². The number of hydrogen-bond acceptors (Lipinski definition) is 4. The Kier molecular flexibility index (Phi) is 6.83. The number of aliphatic carboxylic acids is 1. The standard InChI is InChI=1S/C19H21NO5/c1-24-17-9-7-14(8-10-17)11-16(12-18(21)22)20-19(23)25-13-15-5-3-2-4-6-15/h2-10,16H,11-13H2,1H3,(H,20,23)(H,21,22)/t16-/m0/s1.